The second-order valence-corrected chi connectivity index (χ2v) is 5.28. The fourth-order valence-electron chi connectivity index (χ4n) is 2.21. The van der Waals surface area contributed by atoms with Crippen LogP contribution in [-0.4, -0.2) is 21.5 Å². The first-order valence-corrected chi connectivity index (χ1v) is 7.74. The normalized spacial score (nSPS) is 10.4. The van der Waals surface area contributed by atoms with Crippen molar-refractivity contribution in [3.8, 4) is 0 Å². The zero-order valence-corrected chi connectivity index (χ0v) is 13.1. The number of anilines is 2. The molecule has 1 aromatic carbocycles. The number of aromatic nitrogens is 3. The maximum Gasteiger partial charge on any atom is 0.224 e. The lowest BCUT2D eigenvalue weighted by Crippen LogP contribution is -2.09. The van der Waals surface area contributed by atoms with Crippen molar-refractivity contribution < 1.29 is 4.39 Å². The largest absolute Gasteiger partial charge is 0.366 e. The highest BCUT2D eigenvalue weighted by Crippen LogP contribution is 2.08. The van der Waals surface area contributed by atoms with E-state index in [4.69, 9.17) is 0 Å². The first kappa shape index (κ1) is 15.9. The predicted molar refractivity (Wildman–Crippen MR) is 92.2 cm³/mol. The third-order valence-corrected chi connectivity index (χ3v) is 3.46. The molecule has 24 heavy (non-hydrogen) atoms. The molecular weight excluding hydrogens is 305 g/mol. The Balaban J connectivity index is 1.50. The Labute approximate surface area is 140 Å². The highest BCUT2D eigenvalue weighted by atomic mass is 19.1. The number of rotatable bonds is 7. The minimum atomic E-state index is -0.220. The van der Waals surface area contributed by atoms with Gasteiger partial charge in [-0.05, 0) is 41.8 Å². The van der Waals surface area contributed by atoms with E-state index in [9.17, 15) is 4.39 Å². The quantitative estimate of drug-likeness (QED) is 0.699. The van der Waals surface area contributed by atoms with Crippen molar-refractivity contribution in [2.75, 3.05) is 17.2 Å². The molecule has 3 aromatic rings. The molecule has 0 aliphatic heterocycles. The van der Waals surface area contributed by atoms with E-state index in [1.807, 2.05) is 24.4 Å². The minimum absolute atomic E-state index is 0.220. The van der Waals surface area contributed by atoms with Crippen LogP contribution in [0.2, 0.25) is 0 Å². The summed E-state index contributed by atoms with van der Waals surface area (Å²) < 4.78 is 12.9. The van der Waals surface area contributed by atoms with E-state index in [1.54, 1.807) is 24.5 Å². The van der Waals surface area contributed by atoms with Crippen LogP contribution >= 0.6 is 0 Å². The van der Waals surface area contributed by atoms with E-state index >= 15 is 0 Å². The fourth-order valence-corrected chi connectivity index (χ4v) is 2.21. The minimum Gasteiger partial charge on any atom is -0.366 e. The Kier molecular flexibility index (Phi) is 5.29. The number of halogens is 1. The molecule has 0 unspecified atom stereocenters. The van der Waals surface area contributed by atoms with E-state index < -0.39 is 0 Å². The Bertz CT molecular complexity index is 762. The van der Waals surface area contributed by atoms with E-state index in [0.717, 1.165) is 23.4 Å². The lowest BCUT2D eigenvalue weighted by atomic mass is 10.1. The van der Waals surface area contributed by atoms with Crippen molar-refractivity contribution in [1.29, 1.82) is 0 Å². The van der Waals surface area contributed by atoms with Crippen LogP contribution < -0.4 is 10.6 Å². The van der Waals surface area contributed by atoms with Crippen molar-refractivity contribution >= 4 is 11.8 Å². The van der Waals surface area contributed by atoms with Gasteiger partial charge >= 0.3 is 0 Å². The van der Waals surface area contributed by atoms with Crippen molar-refractivity contribution in [3.63, 3.8) is 0 Å². The van der Waals surface area contributed by atoms with Gasteiger partial charge in [0.05, 0.1) is 0 Å². The van der Waals surface area contributed by atoms with Gasteiger partial charge in [-0.1, -0.05) is 18.2 Å². The lowest BCUT2D eigenvalue weighted by molar-refractivity contribution is 0.627. The first-order chi connectivity index (χ1) is 11.8. The number of pyridine rings is 1. The SMILES string of the molecule is Fc1ccc(CCNc2nccc(NCc3cccnc3)n2)cc1. The molecule has 0 bridgehead atoms. The second kappa shape index (κ2) is 8.01. The van der Waals surface area contributed by atoms with Crippen molar-refractivity contribution in [3.05, 3.63) is 78.0 Å². The monoisotopic (exact) mass is 323 g/mol. The number of benzene rings is 1. The maximum absolute atomic E-state index is 12.9. The summed E-state index contributed by atoms with van der Waals surface area (Å²) in [6.07, 6.45) is 6.04. The van der Waals surface area contributed by atoms with E-state index in [2.05, 4.69) is 25.6 Å². The molecule has 2 aromatic heterocycles. The molecule has 0 atom stereocenters. The summed E-state index contributed by atoms with van der Waals surface area (Å²) >= 11 is 0. The molecule has 0 saturated heterocycles. The van der Waals surface area contributed by atoms with Crippen molar-refractivity contribution in [1.82, 2.24) is 15.0 Å². The second-order valence-electron chi connectivity index (χ2n) is 5.28. The zero-order chi connectivity index (χ0) is 16.6. The average Bonchev–Trinajstić information content (AvgIpc) is 2.63. The van der Waals surface area contributed by atoms with Gasteiger partial charge < -0.3 is 10.6 Å². The van der Waals surface area contributed by atoms with Crippen molar-refractivity contribution in [2.24, 2.45) is 0 Å². The number of nitrogens with one attached hydrogen (secondary N) is 2. The van der Waals surface area contributed by atoms with Crippen LogP contribution in [0.25, 0.3) is 0 Å². The van der Waals surface area contributed by atoms with Gasteiger partial charge in [0.25, 0.3) is 0 Å². The summed E-state index contributed by atoms with van der Waals surface area (Å²) in [6.45, 7) is 1.33. The molecule has 2 N–H and O–H groups in total. The summed E-state index contributed by atoms with van der Waals surface area (Å²) in [7, 11) is 0. The number of nitrogens with zero attached hydrogens (tertiary/aromatic N) is 3. The molecule has 0 radical (unpaired) electrons. The van der Waals surface area contributed by atoms with Crippen LogP contribution in [0.4, 0.5) is 16.2 Å². The van der Waals surface area contributed by atoms with Crippen LogP contribution in [-0.2, 0) is 13.0 Å². The number of hydrogen-bond donors (Lipinski definition) is 2. The molecule has 3 rings (SSSR count). The van der Waals surface area contributed by atoms with Gasteiger partial charge in [0.2, 0.25) is 5.95 Å². The van der Waals surface area contributed by atoms with Gasteiger partial charge in [-0.3, -0.25) is 4.98 Å². The third kappa shape index (κ3) is 4.74. The van der Waals surface area contributed by atoms with Gasteiger partial charge in [-0.2, -0.15) is 4.98 Å². The van der Waals surface area contributed by atoms with Crippen LogP contribution in [0.3, 0.4) is 0 Å². The summed E-state index contributed by atoms with van der Waals surface area (Å²) in [5, 5.41) is 6.42. The van der Waals surface area contributed by atoms with Crippen LogP contribution in [0, 0.1) is 5.82 Å². The average molecular weight is 323 g/mol. The van der Waals surface area contributed by atoms with Gasteiger partial charge in [0.1, 0.15) is 11.6 Å². The standard InChI is InChI=1S/C18H18FN5/c19-16-5-3-14(4-6-16)7-10-21-18-22-11-8-17(24-18)23-13-15-2-1-9-20-12-15/h1-6,8-9,11-12H,7,10,13H2,(H2,21,22,23,24). The molecule has 0 aliphatic rings. The first-order valence-electron chi connectivity index (χ1n) is 7.74. The van der Waals surface area contributed by atoms with E-state index in [0.29, 0.717) is 19.0 Å². The molecular formula is C18H18FN5. The molecule has 2 heterocycles. The molecule has 0 fully saturated rings. The van der Waals surface area contributed by atoms with Gasteiger partial charge in [0.15, 0.2) is 0 Å². The molecule has 0 amide bonds. The Morgan fingerprint density at radius 3 is 2.58 bits per heavy atom. The fraction of sp³-hybridized carbons (Fsp3) is 0.167. The van der Waals surface area contributed by atoms with Gasteiger partial charge in [0, 0.05) is 31.7 Å². The number of hydrogen-bond acceptors (Lipinski definition) is 5. The Hall–Kier alpha value is -3.02. The Morgan fingerprint density at radius 2 is 1.79 bits per heavy atom. The topological polar surface area (TPSA) is 62.7 Å². The van der Waals surface area contributed by atoms with E-state index in [-0.39, 0.29) is 5.82 Å². The zero-order valence-electron chi connectivity index (χ0n) is 13.1. The smallest absolute Gasteiger partial charge is 0.224 e. The third-order valence-electron chi connectivity index (χ3n) is 3.46. The highest BCUT2D eigenvalue weighted by molar-refractivity contribution is 5.40. The summed E-state index contributed by atoms with van der Waals surface area (Å²) in [4.78, 5) is 12.7. The molecule has 0 spiro atoms. The predicted octanol–water partition coefficient (Wildman–Crippen LogP) is 3.28. The van der Waals surface area contributed by atoms with Gasteiger partial charge in [-0.15, -0.1) is 0 Å². The molecule has 6 heteroatoms. The Morgan fingerprint density at radius 1 is 0.917 bits per heavy atom. The molecule has 5 nitrogen and oxygen atoms in total. The molecule has 122 valence electrons. The van der Waals surface area contributed by atoms with E-state index in [1.165, 1.54) is 12.1 Å². The lowest BCUT2D eigenvalue weighted by Gasteiger charge is -2.08. The summed E-state index contributed by atoms with van der Waals surface area (Å²) in [5.74, 6) is 1.09. The van der Waals surface area contributed by atoms with Crippen LogP contribution in [0.1, 0.15) is 11.1 Å². The van der Waals surface area contributed by atoms with Crippen molar-refractivity contribution in [2.45, 2.75) is 13.0 Å². The molecule has 0 saturated carbocycles. The highest BCUT2D eigenvalue weighted by Gasteiger charge is 2.00. The molecule has 0 aliphatic carbocycles. The summed E-state index contributed by atoms with van der Waals surface area (Å²) in [5.41, 5.74) is 2.15. The van der Waals surface area contributed by atoms with Gasteiger partial charge in [-0.25, -0.2) is 9.37 Å². The van der Waals surface area contributed by atoms with Crippen LogP contribution in [0.5, 0.6) is 0 Å². The maximum atomic E-state index is 12.9. The van der Waals surface area contributed by atoms with Crippen LogP contribution in [0.15, 0.2) is 61.1 Å². The summed E-state index contributed by atoms with van der Waals surface area (Å²) in [6, 6.07) is 12.2.